The lowest BCUT2D eigenvalue weighted by Gasteiger charge is -2.36. The van der Waals surface area contributed by atoms with Gasteiger partial charge in [0.25, 0.3) is 0 Å². The van der Waals surface area contributed by atoms with Crippen LogP contribution in [0, 0.1) is 23.7 Å². The second-order valence-electron chi connectivity index (χ2n) is 8.38. The highest BCUT2D eigenvalue weighted by atomic mass is 16.5. The maximum atomic E-state index is 12.9. The van der Waals surface area contributed by atoms with Crippen LogP contribution in [-0.2, 0) is 19.1 Å². The summed E-state index contributed by atoms with van der Waals surface area (Å²) < 4.78 is 11.0. The summed E-state index contributed by atoms with van der Waals surface area (Å²) in [5, 5.41) is 0. The second kappa shape index (κ2) is 10.8. The first-order valence-electron chi connectivity index (χ1n) is 9.73. The summed E-state index contributed by atoms with van der Waals surface area (Å²) in [5.74, 6) is -0.271. The van der Waals surface area contributed by atoms with Crippen molar-refractivity contribution in [2.45, 2.75) is 65.8 Å². The SMILES string of the molecule is CC(C)COC(=O)C(C1CCCCC1)C(C(=O)OCC(C)C)N(C)C. The van der Waals surface area contributed by atoms with Crippen molar-refractivity contribution in [3.8, 4) is 0 Å². The largest absolute Gasteiger partial charge is 0.465 e. The number of esters is 2. The fraction of sp³-hybridized carbons (Fsp3) is 0.900. The summed E-state index contributed by atoms with van der Waals surface area (Å²) in [6, 6.07) is -0.582. The Hall–Kier alpha value is -1.10. The molecule has 0 bridgehead atoms. The molecule has 0 saturated heterocycles. The smallest absolute Gasteiger partial charge is 0.324 e. The Morgan fingerprint density at radius 1 is 0.880 bits per heavy atom. The molecule has 146 valence electrons. The predicted molar refractivity (Wildman–Crippen MR) is 99.1 cm³/mol. The van der Waals surface area contributed by atoms with Crippen LogP contribution in [0.4, 0.5) is 0 Å². The molecule has 0 amide bonds. The maximum Gasteiger partial charge on any atom is 0.324 e. The molecule has 0 N–H and O–H groups in total. The standard InChI is InChI=1S/C20H37NO4/c1-14(2)12-24-19(22)17(16-10-8-7-9-11-16)18(21(5)6)20(23)25-13-15(3)4/h14-18H,7-13H2,1-6H3. The van der Waals surface area contributed by atoms with Crippen molar-refractivity contribution in [3.63, 3.8) is 0 Å². The van der Waals surface area contributed by atoms with E-state index in [1.165, 1.54) is 6.42 Å². The van der Waals surface area contributed by atoms with Gasteiger partial charge in [0.2, 0.25) is 0 Å². The van der Waals surface area contributed by atoms with Crippen molar-refractivity contribution in [1.29, 1.82) is 0 Å². The second-order valence-corrected chi connectivity index (χ2v) is 8.38. The zero-order valence-corrected chi connectivity index (χ0v) is 16.9. The van der Waals surface area contributed by atoms with Crippen LogP contribution in [0.1, 0.15) is 59.8 Å². The molecule has 0 aromatic rings. The van der Waals surface area contributed by atoms with Crippen LogP contribution < -0.4 is 0 Å². The molecule has 0 radical (unpaired) electrons. The van der Waals surface area contributed by atoms with Gasteiger partial charge >= 0.3 is 11.9 Å². The van der Waals surface area contributed by atoms with Crippen molar-refractivity contribution in [3.05, 3.63) is 0 Å². The number of likely N-dealkylation sites (N-methyl/N-ethyl adjacent to an activating group) is 1. The summed E-state index contributed by atoms with van der Waals surface area (Å²) in [6.45, 7) is 8.82. The Kier molecular flexibility index (Phi) is 9.47. The van der Waals surface area contributed by atoms with Crippen molar-refractivity contribution >= 4 is 11.9 Å². The van der Waals surface area contributed by atoms with Crippen LogP contribution in [-0.4, -0.2) is 50.2 Å². The van der Waals surface area contributed by atoms with E-state index in [0.29, 0.717) is 13.2 Å². The van der Waals surface area contributed by atoms with Gasteiger partial charge in [0, 0.05) is 0 Å². The average molecular weight is 356 g/mol. The number of carbonyl (C=O) groups is 2. The lowest BCUT2D eigenvalue weighted by Crippen LogP contribution is -2.50. The molecule has 1 fully saturated rings. The quantitative estimate of drug-likeness (QED) is 0.592. The Balaban J connectivity index is 2.97. The van der Waals surface area contributed by atoms with E-state index >= 15 is 0 Å². The zero-order valence-electron chi connectivity index (χ0n) is 16.9. The first-order valence-corrected chi connectivity index (χ1v) is 9.73. The molecule has 1 aliphatic carbocycles. The van der Waals surface area contributed by atoms with Crippen molar-refractivity contribution in [2.75, 3.05) is 27.3 Å². The van der Waals surface area contributed by atoms with Crippen molar-refractivity contribution < 1.29 is 19.1 Å². The van der Waals surface area contributed by atoms with E-state index in [1.54, 1.807) is 0 Å². The summed E-state index contributed by atoms with van der Waals surface area (Å²) >= 11 is 0. The number of carbonyl (C=O) groups excluding carboxylic acids is 2. The van der Waals surface area contributed by atoms with E-state index in [9.17, 15) is 9.59 Å². The Labute approximate surface area is 153 Å². The summed E-state index contributed by atoms with van der Waals surface area (Å²) in [5.41, 5.74) is 0. The molecule has 25 heavy (non-hydrogen) atoms. The van der Waals surface area contributed by atoms with Crippen LogP contribution >= 0.6 is 0 Å². The van der Waals surface area contributed by atoms with Crippen LogP contribution in [0.25, 0.3) is 0 Å². The molecule has 1 rings (SSSR count). The number of rotatable bonds is 9. The Morgan fingerprint density at radius 3 is 1.80 bits per heavy atom. The number of nitrogens with zero attached hydrogens (tertiary/aromatic N) is 1. The Bertz CT molecular complexity index is 414. The molecule has 0 spiro atoms. The van der Waals surface area contributed by atoms with Gasteiger partial charge in [-0.2, -0.15) is 0 Å². The highest BCUT2D eigenvalue weighted by Crippen LogP contribution is 2.34. The third kappa shape index (κ3) is 7.35. The molecule has 0 aliphatic heterocycles. The van der Waals surface area contributed by atoms with E-state index < -0.39 is 12.0 Å². The molecule has 1 saturated carbocycles. The third-order valence-corrected chi connectivity index (χ3v) is 4.69. The molecule has 1 aliphatic rings. The predicted octanol–water partition coefficient (Wildman–Crippen LogP) is 3.51. The van der Waals surface area contributed by atoms with Gasteiger partial charge in [-0.25, -0.2) is 0 Å². The van der Waals surface area contributed by atoms with Gasteiger partial charge in [-0.3, -0.25) is 14.5 Å². The lowest BCUT2D eigenvalue weighted by atomic mass is 9.76. The van der Waals surface area contributed by atoms with E-state index in [0.717, 1.165) is 25.7 Å². The number of hydrogen-bond acceptors (Lipinski definition) is 5. The minimum absolute atomic E-state index is 0.187. The van der Waals surface area contributed by atoms with Gasteiger partial charge in [0.05, 0.1) is 19.1 Å². The Morgan fingerprint density at radius 2 is 1.36 bits per heavy atom. The zero-order chi connectivity index (χ0) is 19.0. The molecule has 0 aromatic carbocycles. The highest BCUT2D eigenvalue weighted by Gasteiger charge is 2.43. The molecular formula is C20H37NO4. The van der Waals surface area contributed by atoms with Crippen LogP contribution in [0.5, 0.6) is 0 Å². The van der Waals surface area contributed by atoms with Gasteiger partial charge in [0.15, 0.2) is 0 Å². The van der Waals surface area contributed by atoms with E-state index in [2.05, 4.69) is 0 Å². The summed E-state index contributed by atoms with van der Waals surface area (Å²) in [7, 11) is 3.68. The van der Waals surface area contributed by atoms with Gasteiger partial charge < -0.3 is 9.47 Å². The van der Waals surface area contributed by atoms with Crippen LogP contribution in [0.15, 0.2) is 0 Å². The topological polar surface area (TPSA) is 55.8 Å². The monoisotopic (exact) mass is 355 g/mol. The molecule has 5 nitrogen and oxygen atoms in total. The van der Waals surface area contributed by atoms with Crippen LogP contribution in [0.3, 0.4) is 0 Å². The lowest BCUT2D eigenvalue weighted by molar-refractivity contribution is -0.165. The van der Waals surface area contributed by atoms with E-state index in [4.69, 9.17) is 9.47 Å². The van der Waals surface area contributed by atoms with Crippen LogP contribution in [0.2, 0.25) is 0 Å². The van der Waals surface area contributed by atoms with Crippen molar-refractivity contribution in [2.24, 2.45) is 23.7 Å². The average Bonchev–Trinajstić information content (AvgIpc) is 2.55. The van der Waals surface area contributed by atoms with E-state index in [1.807, 2.05) is 46.7 Å². The number of hydrogen-bond donors (Lipinski definition) is 0. The third-order valence-electron chi connectivity index (χ3n) is 4.69. The molecule has 0 heterocycles. The van der Waals surface area contributed by atoms with Crippen molar-refractivity contribution in [1.82, 2.24) is 4.90 Å². The van der Waals surface area contributed by atoms with E-state index in [-0.39, 0.29) is 29.7 Å². The molecule has 0 aromatic heterocycles. The highest BCUT2D eigenvalue weighted by molar-refractivity contribution is 5.85. The van der Waals surface area contributed by atoms with Gasteiger partial charge in [-0.05, 0) is 44.7 Å². The normalized spacial score (nSPS) is 18.4. The summed E-state index contributed by atoms with van der Waals surface area (Å²) in [6.07, 6.45) is 5.38. The van der Waals surface area contributed by atoms with Gasteiger partial charge in [-0.15, -0.1) is 0 Å². The fourth-order valence-corrected chi connectivity index (χ4v) is 3.43. The number of ether oxygens (including phenoxy) is 2. The van der Waals surface area contributed by atoms with Gasteiger partial charge in [-0.1, -0.05) is 47.0 Å². The minimum Gasteiger partial charge on any atom is -0.465 e. The minimum atomic E-state index is -0.582. The fourth-order valence-electron chi connectivity index (χ4n) is 3.43. The molecule has 5 heteroatoms. The first kappa shape index (κ1) is 21.9. The van der Waals surface area contributed by atoms with Gasteiger partial charge in [0.1, 0.15) is 6.04 Å². The molecule has 2 unspecified atom stereocenters. The maximum absolute atomic E-state index is 12.9. The summed E-state index contributed by atoms with van der Waals surface area (Å²) in [4.78, 5) is 27.4. The first-order chi connectivity index (χ1) is 11.7. The molecular weight excluding hydrogens is 318 g/mol. The molecule has 2 atom stereocenters.